The predicted octanol–water partition coefficient (Wildman–Crippen LogP) is 2.35. The molecule has 1 N–H and O–H groups in total. The lowest BCUT2D eigenvalue weighted by Crippen LogP contribution is -2.03. The Kier molecular flexibility index (Phi) is 6.81. The van der Waals surface area contributed by atoms with Gasteiger partial charge in [-0.2, -0.15) is 0 Å². The van der Waals surface area contributed by atoms with Crippen molar-refractivity contribution >= 4 is 0 Å². The summed E-state index contributed by atoms with van der Waals surface area (Å²) in [5, 5.41) is 3.22. The highest BCUT2D eigenvalue weighted by Crippen LogP contribution is 2.15. The van der Waals surface area contributed by atoms with Crippen LogP contribution in [0.2, 0.25) is 0 Å². The van der Waals surface area contributed by atoms with Gasteiger partial charge in [0.2, 0.25) is 0 Å². The summed E-state index contributed by atoms with van der Waals surface area (Å²) in [6, 6.07) is 9.82. The zero-order valence-electron chi connectivity index (χ0n) is 10.1. The molecule has 0 amide bonds. The molecule has 0 bridgehead atoms. The lowest BCUT2D eigenvalue weighted by molar-refractivity contribution is -0.106. The molecule has 16 heavy (non-hydrogen) atoms. The number of ether oxygens (including phenoxy) is 2. The largest absolute Gasteiger partial charge is 0.352 e. The maximum Gasteiger partial charge on any atom is 0.183 e. The zero-order valence-corrected chi connectivity index (χ0v) is 10.1. The molecule has 1 saturated heterocycles. The van der Waals surface area contributed by atoms with Crippen LogP contribution in [0.1, 0.15) is 24.7 Å². The standard InChI is InChI=1S/C9H12O2.C4H9N/c1-10-9(11-2)8-6-4-3-5-7-8;1-2-4-5-3-1/h3-7,9H,1-2H3;5H,1-4H2. The van der Waals surface area contributed by atoms with Crippen molar-refractivity contribution in [3.63, 3.8) is 0 Å². The molecule has 0 spiro atoms. The fourth-order valence-corrected chi connectivity index (χ4v) is 1.60. The van der Waals surface area contributed by atoms with Gasteiger partial charge < -0.3 is 14.8 Å². The molecular weight excluding hydrogens is 202 g/mol. The van der Waals surface area contributed by atoms with Gasteiger partial charge in [0.25, 0.3) is 0 Å². The van der Waals surface area contributed by atoms with Crippen molar-refractivity contribution in [3.05, 3.63) is 35.9 Å². The van der Waals surface area contributed by atoms with Gasteiger partial charge in [-0.25, -0.2) is 0 Å². The molecule has 0 saturated carbocycles. The summed E-state index contributed by atoms with van der Waals surface area (Å²) in [4.78, 5) is 0. The average Bonchev–Trinajstić information content (AvgIpc) is 2.91. The molecule has 0 aromatic heterocycles. The predicted molar refractivity (Wildman–Crippen MR) is 65.3 cm³/mol. The van der Waals surface area contributed by atoms with Gasteiger partial charge in [0.05, 0.1) is 0 Å². The van der Waals surface area contributed by atoms with Crippen LogP contribution in [0.4, 0.5) is 0 Å². The fraction of sp³-hybridized carbons (Fsp3) is 0.538. The highest BCUT2D eigenvalue weighted by atomic mass is 16.7. The molecule has 0 atom stereocenters. The summed E-state index contributed by atoms with van der Waals surface area (Å²) < 4.78 is 10.1. The number of hydrogen-bond donors (Lipinski definition) is 1. The summed E-state index contributed by atoms with van der Waals surface area (Å²) in [6.45, 7) is 2.50. The first-order valence-electron chi connectivity index (χ1n) is 5.69. The Bertz CT molecular complexity index is 248. The molecule has 1 fully saturated rings. The molecule has 3 heteroatoms. The normalized spacial score (nSPS) is 14.7. The summed E-state index contributed by atoms with van der Waals surface area (Å²) in [5.74, 6) is 0. The van der Waals surface area contributed by atoms with Crippen LogP contribution in [-0.4, -0.2) is 27.3 Å². The van der Waals surface area contributed by atoms with E-state index in [0.717, 1.165) is 5.56 Å². The SMILES string of the molecule is C1CCNC1.COC(OC)c1ccccc1. The van der Waals surface area contributed by atoms with Gasteiger partial charge in [-0.1, -0.05) is 30.3 Å². The molecule has 90 valence electrons. The van der Waals surface area contributed by atoms with Crippen LogP contribution in [0.15, 0.2) is 30.3 Å². The summed E-state index contributed by atoms with van der Waals surface area (Å²) in [5.41, 5.74) is 1.04. The highest BCUT2D eigenvalue weighted by Gasteiger charge is 2.05. The van der Waals surface area contributed by atoms with Crippen LogP contribution in [0.25, 0.3) is 0 Å². The van der Waals surface area contributed by atoms with E-state index in [4.69, 9.17) is 9.47 Å². The lowest BCUT2D eigenvalue weighted by atomic mass is 10.2. The molecule has 3 nitrogen and oxygen atoms in total. The van der Waals surface area contributed by atoms with Crippen molar-refractivity contribution in [1.29, 1.82) is 0 Å². The van der Waals surface area contributed by atoms with Crippen LogP contribution in [0.5, 0.6) is 0 Å². The Morgan fingerprint density at radius 3 is 1.94 bits per heavy atom. The number of methoxy groups -OCH3 is 2. The van der Waals surface area contributed by atoms with Gasteiger partial charge in [0, 0.05) is 19.8 Å². The topological polar surface area (TPSA) is 30.5 Å². The van der Waals surface area contributed by atoms with Crippen molar-refractivity contribution < 1.29 is 9.47 Å². The highest BCUT2D eigenvalue weighted by molar-refractivity contribution is 5.15. The molecule has 1 aromatic rings. The van der Waals surface area contributed by atoms with Crippen LogP contribution >= 0.6 is 0 Å². The maximum atomic E-state index is 5.06. The van der Waals surface area contributed by atoms with Gasteiger partial charge in [-0.15, -0.1) is 0 Å². The van der Waals surface area contributed by atoms with E-state index >= 15 is 0 Å². The molecular formula is C13H21NO2. The van der Waals surface area contributed by atoms with Gasteiger partial charge in [0.15, 0.2) is 6.29 Å². The summed E-state index contributed by atoms with van der Waals surface area (Å²) in [6.07, 6.45) is 2.54. The second-order valence-electron chi connectivity index (χ2n) is 3.67. The quantitative estimate of drug-likeness (QED) is 0.798. The molecule has 1 heterocycles. The Labute approximate surface area is 97.8 Å². The third kappa shape index (κ3) is 4.75. The number of hydrogen-bond acceptors (Lipinski definition) is 3. The van der Waals surface area contributed by atoms with Gasteiger partial charge in [-0.3, -0.25) is 0 Å². The van der Waals surface area contributed by atoms with E-state index in [1.807, 2.05) is 30.3 Å². The second-order valence-corrected chi connectivity index (χ2v) is 3.67. The number of rotatable bonds is 3. The van der Waals surface area contributed by atoms with Crippen LogP contribution in [0, 0.1) is 0 Å². The van der Waals surface area contributed by atoms with Crippen molar-refractivity contribution in [1.82, 2.24) is 5.32 Å². The first kappa shape index (κ1) is 13.2. The van der Waals surface area contributed by atoms with Gasteiger partial charge in [0.1, 0.15) is 0 Å². The van der Waals surface area contributed by atoms with Crippen molar-refractivity contribution in [2.45, 2.75) is 19.1 Å². The van der Waals surface area contributed by atoms with Crippen LogP contribution in [0.3, 0.4) is 0 Å². The first-order valence-corrected chi connectivity index (χ1v) is 5.69. The van der Waals surface area contributed by atoms with E-state index in [2.05, 4.69) is 5.32 Å². The van der Waals surface area contributed by atoms with Crippen LogP contribution in [-0.2, 0) is 9.47 Å². The lowest BCUT2D eigenvalue weighted by Gasteiger charge is -2.12. The Hall–Kier alpha value is -0.900. The van der Waals surface area contributed by atoms with Crippen molar-refractivity contribution in [2.75, 3.05) is 27.3 Å². The Balaban J connectivity index is 0.000000212. The summed E-state index contributed by atoms with van der Waals surface area (Å²) in [7, 11) is 3.25. The van der Waals surface area contributed by atoms with E-state index in [1.54, 1.807) is 14.2 Å². The third-order valence-corrected chi connectivity index (χ3v) is 2.46. The van der Waals surface area contributed by atoms with Gasteiger partial charge in [-0.05, 0) is 25.9 Å². The van der Waals surface area contributed by atoms with E-state index in [0.29, 0.717) is 0 Å². The minimum atomic E-state index is -0.240. The van der Waals surface area contributed by atoms with E-state index in [9.17, 15) is 0 Å². The Morgan fingerprint density at radius 1 is 1.00 bits per heavy atom. The molecule has 1 aromatic carbocycles. The smallest absolute Gasteiger partial charge is 0.183 e. The van der Waals surface area contributed by atoms with Crippen molar-refractivity contribution in [2.24, 2.45) is 0 Å². The molecule has 1 aliphatic heterocycles. The maximum absolute atomic E-state index is 5.06. The monoisotopic (exact) mass is 223 g/mol. The second kappa shape index (κ2) is 8.28. The molecule has 2 rings (SSSR count). The minimum Gasteiger partial charge on any atom is -0.352 e. The Morgan fingerprint density at radius 2 is 1.56 bits per heavy atom. The fourth-order valence-electron chi connectivity index (χ4n) is 1.60. The zero-order chi connectivity index (χ0) is 11.6. The number of benzene rings is 1. The first-order chi connectivity index (χ1) is 7.88. The van der Waals surface area contributed by atoms with Crippen molar-refractivity contribution in [3.8, 4) is 0 Å². The molecule has 0 radical (unpaired) electrons. The van der Waals surface area contributed by atoms with E-state index in [-0.39, 0.29) is 6.29 Å². The minimum absolute atomic E-state index is 0.240. The number of nitrogens with one attached hydrogen (secondary N) is 1. The van der Waals surface area contributed by atoms with E-state index < -0.39 is 0 Å². The van der Waals surface area contributed by atoms with Gasteiger partial charge >= 0.3 is 0 Å². The molecule has 0 aliphatic carbocycles. The summed E-state index contributed by atoms with van der Waals surface area (Å²) >= 11 is 0. The molecule has 0 unspecified atom stereocenters. The third-order valence-electron chi connectivity index (χ3n) is 2.46. The van der Waals surface area contributed by atoms with Crippen LogP contribution < -0.4 is 5.32 Å². The van der Waals surface area contributed by atoms with E-state index in [1.165, 1.54) is 25.9 Å². The molecule has 1 aliphatic rings. The average molecular weight is 223 g/mol.